The number of carboxylic acids is 1. The molecule has 0 bridgehead atoms. The van der Waals surface area contributed by atoms with E-state index >= 15 is 0 Å². The van der Waals surface area contributed by atoms with Crippen molar-refractivity contribution in [2.75, 3.05) is 0 Å². The Morgan fingerprint density at radius 1 is 1.37 bits per heavy atom. The number of aliphatic carboxylic acids is 1. The number of pyridine rings is 2. The van der Waals surface area contributed by atoms with Crippen LogP contribution in [0.2, 0.25) is 5.15 Å². The first kappa shape index (κ1) is 13.5. The summed E-state index contributed by atoms with van der Waals surface area (Å²) in [5.74, 6) is -1.19. The highest BCUT2D eigenvalue weighted by Gasteiger charge is 2.32. The van der Waals surface area contributed by atoms with Crippen molar-refractivity contribution in [3.05, 3.63) is 34.7 Å². The highest BCUT2D eigenvalue weighted by molar-refractivity contribution is 6.34. The van der Waals surface area contributed by atoms with E-state index in [2.05, 4.69) is 9.97 Å². The van der Waals surface area contributed by atoms with Crippen LogP contribution < -0.4 is 0 Å². The lowest BCUT2D eigenvalue weighted by Crippen LogP contribution is -2.09. The number of hydrogen-bond donors (Lipinski definition) is 1. The summed E-state index contributed by atoms with van der Waals surface area (Å²) < 4.78 is 37.7. The number of halogens is 4. The van der Waals surface area contributed by atoms with Crippen LogP contribution in [0.4, 0.5) is 13.2 Å². The van der Waals surface area contributed by atoms with Crippen LogP contribution in [-0.2, 0) is 17.4 Å². The Hall–Kier alpha value is -1.89. The van der Waals surface area contributed by atoms with Crippen LogP contribution in [0.25, 0.3) is 10.9 Å². The largest absolute Gasteiger partial charge is 0.481 e. The Morgan fingerprint density at radius 2 is 2.05 bits per heavy atom. The molecule has 0 saturated heterocycles. The monoisotopic (exact) mass is 290 g/mol. The third-order valence-electron chi connectivity index (χ3n) is 2.39. The van der Waals surface area contributed by atoms with Crippen LogP contribution in [0.5, 0.6) is 0 Å². The van der Waals surface area contributed by atoms with E-state index in [0.29, 0.717) is 0 Å². The zero-order valence-corrected chi connectivity index (χ0v) is 9.96. The van der Waals surface area contributed by atoms with Crippen molar-refractivity contribution in [3.63, 3.8) is 0 Å². The molecule has 0 spiro atoms. The van der Waals surface area contributed by atoms with Crippen molar-refractivity contribution in [2.24, 2.45) is 0 Å². The fourth-order valence-electron chi connectivity index (χ4n) is 1.59. The van der Waals surface area contributed by atoms with Gasteiger partial charge in [-0.25, -0.2) is 9.97 Å². The van der Waals surface area contributed by atoms with E-state index in [1.54, 1.807) is 0 Å². The Labute approximate surface area is 109 Å². The maximum atomic E-state index is 12.6. The van der Waals surface area contributed by atoms with Crippen LogP contribution in [0.3, 0.4) is 0 Å². The second kappa shape index (κ2) is 4.65. The van der Waals surface area contributed by atoms with Gasteiger partial charge in [-0.3, -0.25) is 4.79 Å². The minimum atomic E-state index is -4.61. The topological polar surface area (TPSA) is 63.1 Å². The third kappa shape index (κ3) is 2.76. The molecule has 0 radical (unpaired) electrons. The van der Waals surface area contributed by atoms with Crippen molar-refractivity contribution >= 4 is 28.5 Å². The Kier molecular flexibility index (Phi) is 3.32. The van der Waals surface area contributed by atoms with Gasteiger partial charge >= 0.3 is 12.1 Å². The van der Waals surface area contributed by atoms with Gasteiger partial charge in [0.15, 0.2) is 0 Å². The van der Waals surface area contributed by atoms with E-state index in [1.807, 2.05) is 0 Å². The SMILES string of the molecule is O=C(O)Cc1cnc(Cl)c2ccc(C(F)(F)F)nc12. The van der Waals surface area contributed by atoms with Gasteiger partial charge in [-0.15, -0.1) is 0 Å². The van der Waals surface area contributed by atoms with Gasteiger partial charge in [0.2, 0.25) is 0 Å². The highest BCUT2D eigenvalue weighted by Crippen LogP contribution is 2.31. The quantitative estimate of drug-likeness (QED) is 0.864. The molecule has 2 aromatic heterocycles. The molecule has 100 valence electrons. The number of fused-ring (bicyclic) bond motifs is 1. The summed E-state index contributed by atoms with van der Waals surface area (Å²) in [7, 11) is 0. The van der Waals surface area contributed by atoms with Crippen LogP contribution in [0, 0.1) is 0 Å². The number of carboxylic acid groups (broad SMARTS) is 1. The molecule has 19 heavy (non-hydrogen) atoms. The molecule has 0 aliphatic carbocycles. The summed E-state index contributed by atoms with van der Waals surface area (Å²) in [5.41, 5.74) is -1.12. The molecule has 0 aliphatic heterocycles. The van der Waals surface area contributed by atoms with Gasteiger partial charge in [-0.05, 0) is 12.1 Å². The summed E-state index contributed by atoms with van der Waals surface area (Å²) in [6.07, 6.45) is -3.97. The maximum Gasteiger partial charge on any atom is 0.433 e. The van der Waals surface area contributed by atoms with E-state index < -0.39 is 24.3 Å². The smallest absolute Gasteiger partial charge is 0.433 e. The molecular formula is C11H6ClF3N2O2. The molecule has 2 rings (SSSR count). The molecule has 0 amide bonds. The van der Waals surface area contributed by atoms with Gasteiger partial charge in [0.1, 0.15) is 10.8 Å². The first-order chi connectivity index (χ1) is 8.79. The standard InChI is InChI=1S/C11H6ClF3N2O2/c12-10-6-1-2-7(11(13,14)15)17-9(6)5(4-16-10)3-8(18)19/h1-2,4H,3H2,(H,18,19). The molecule has 0 unspecified atom stereocenters. The molecule has 2 heterocycles. The zero-order valence-electron chi connectivity index (χ0n) is 9.20. The molecule has 0 aliphatic rings. The molecule has 8 heteroatoms. The van der Waals surface area contributed by atoms with Crippen molar-refractivity contribution in [3.8, 4) is 0 Å². The van der Waals surface area contributed by atoms with Gasteiger partial charge in [0, 0.05) is 17.1 Å². The van der Waals surface area contributed by atoms with Crippen LogP contribution in [0.15, 0.2) is 18.3 Å². The van der Waals surface area contributed by atoms with E-state index in [1.165, 1.54) is 0 Å². The molecule has 0 saturated carbocycles. The van der Waals surface area contributed by atoms with E-state index in [4.69, 9.17) is 16.7 Å². The number of aromatic nitrogens is 2. The van der Waals surface area contributed by atoms with E-state index in [9.17, 15) is 18.0 Å². The minimum Gasteiger partial charge on any atom is -0.481 e. The maximum absolute atomic E-state index is 12.6. The summed E-state index contributed by atoms with van der Waals surface area (Å²) >= 11 is 5.75. The fraction of sp³-hybridized carbons (Fsp3) is 0.182. The first-order valence-electron chi connectivity index (χ1n) is 5.02. The number of carbonyl (C=O) groups is 1. The first-order valence-corrected chi connectivity index (χ1v) is 5.40. The van der Waals surface area contributed by atoms with E-state index in [-0.39, 0.29) is 21.6 Å². The molecule has 2 aromatic rings. The van der Waals surface area contributed by atoms with Crippen molar-refractivity contribution in [1.29, 1.82) is 0 Å². The summed E-state index contributed by atoms with van der Waals surface area (Å²) in [5, 5.41) is 8.88. The molecular weight excluding hydrogens is 285 g/mol. The highest BCUT2D eigenvalue weighted by atomic mass is 35.5. The predicted octanol–water partition coefficient (Wildman–Crippen LogP) is 2.93. The van der Waals surface area contributed by atoms with Crippen LogP contribution >= 0.6 is 11.6 Å². The fourth-order valence-corrected chi connectivity index (χ4v) is 1.79. The second-order valence-electron chi connectivity index (χ2n) is 3.74. The zero-order chi connectivity index (χ0) is 14.2. The number of alkyl halides is 3. The van der Waals surface area contributed by atoms with Gasteiger partial charge in [0.25, 0.3) is 0 Å². The molecule has 4 nitrogen and oxygen atoms in total. The van der Waals surface area contributed by atoms with Crippen molar-refractivity contribution in [2.45, 2.75) is 12.6 Å². The van der Waals surface area contributed by atoms with Crippen molar-refractivity contribution in [1.82, 2.24) is 9.97 Å². The lowest BCUT2D eigenvalue weighted by Gasteiger charge is -2.09. The third-order valence-corrected chi connectivity index (χ3v) is 2.69. The summed E-state index contributed by atoms with van der Waals surface area (Å²) in [4.78, 5) is 17.8. The molecule has 0 atom stereocenters. The van der Waals surface area contributed by atoms with Crippen LogP contribution in [0.1, 0.15) is 11.3 Å². The average molecular weight is 291 g/mol. The number of nitrogens with zero attached hydrogens (tertiary/aromatic N) is 2. The molecule has 0 aromatic carbocycles. The van der Waals surface area contributed by atoms with Gasteiger partial charge < -0.3 is 5.11 Å². The van der Waals surface area contributed by atoms with Crippen molar-refractivity contribution < 1.29 is 23.1 Å². The number of hydrogen-bond acceptors (Lipinski definition) is 3. The Morgan fingerprint density at radius 3 is 2.63 bits per heavy atom. The van der Waals surface area contributed by atoms with Gasteiger partial charge in [-0.2, -0.15) is 13.2 Å². The lowest BCUT2D eigenvalue weighted by atomic mass is 10.1. The average Bonchev–Trinajstić information content (AvgIpc) is 2.31. The second-order valence-corrected chi connectivity index (χ2v) is 4.09. The summed E-state index contributed by atoms with van der Waals surface area (Å²) in [6, 6.07) is 1.91. The predicted molar refractivity (Wildman–Crippen MR) is 60.9 cm³/mol. The lowest BCUT2D eigenvalue weighted by molar-refractivity contribution is -0.141. The summed E-state index contributed by atoms with van der Waals surface area (Å²) in [6.45, 7) is 0. The normalized spacial score (nSPS) is 11.8. The van der Waals surface area contributed by atoms with Gasteiger partial charge in [-0.1, -0.05) is 11.6 Å². The Balaban J connectivity index is 2.70. The number of rotatable bonds is 2. The molecule has 0 fully saturated rings. The van der Waals surface area contributed by atoms with Crippen LogP contribution in [-0.4, -0.2) is 21.0 Å². The van der Waals surface area contributed by atoms with Gasteiger partial charge in [0.05, 0.1) is 11.9 Å². The minimum absolute atomic E-state index is 0.0228. The Bertz CT molecular complexity index is 658. The van der Waals surface area contributed by atoms with E-state index in [0.717, 1.165) is 18.3 Å². The molecule has 1 N–H and O–H groups in total.